The Labute approximate surface area is 128 Å². The lowest BCUT2D eigenvalue weighted by Gasteiger charge is -2.29. The molecule has 0 spiro atoms. The van der Waals surface area contributed by atoms with Crippen LogP contribution < -0.4 is 0 Å². The zero-order chi connectivity index (χ0) is 14.1. The third-order valence-corrected chi connectivity index (χ3v) is 12.5. The number of halogens is 2. The van der Waals surface area contributed by atoms with Crippen molar-refractivity contribution in [2.45, 2.75) is 65.0 Å². The van der Waals surface area contributed by atoms with Gasteiger partial charge in [-0.05, 0) is 40.9 Å². The predicted octanol–water partition coefficient (Wildman–Crippen LogP) is 6.46. The molecule has 18 heavy (non-hydrogen) atoms. The Balaban J connectivity index is 3.33. The summed E-state index contributed by atoms with van der Waals surface area (Å²) in [6, 6.07) is 0. The quantitative estimate of drug-likeness (QED) is 0.493. The van der Waals surface area contributed by atoms with Crippen molar-refractivity contribution in [3.05, 3.63) is 19.9 Å². The van der Waals surface area contributed by atoms with Gasteiger partial charge < -0.3 is 0 Å². The lowest BCUT2D eigenvalue weighted by molar-refractivity contribution is 0.678. The molecule has 0 saturated heterocycles. The normalized spacial score (nSPS) is 24.0. The summed E-state index contributed by atoms with van der Waals surface area (Å²) >= 11 is 10.6. The van der Waals surface area contributed by atoms with E-state index >= 15 is 0 Å². The molecule has 0 heterocycles. The maximum Gasteiger partial charge on any atom is 0.0926 e. The summed E-state index contributed by atoms with van der Waals surface area (Å²) in [5, 5.41) is 0. The minimum atomic E-state index is -1.39. The third kappa shape index (κ3) is 4.09. The Morgan fingerprint density at radius 2 is 1.33 bits per heavy atom. The predicted molar refractivity (Wildman–Crippen MR) is 94.0 cm³/mol. The zero-order valence-electron chi connectivity index (χ0n) is 12.6. The molecule has 0 atom stereocenters. The molecule has 4 heteroatoms. The second-order valence-corrected chi connectivity index (χ2v) is 19.5. The first kappa shape index (κ1) is 16.7. The van der Waals surface area contributed by atoms with Gasteiger partial charge in [0.05, 0.1) is 16.1 Å². The largest absolute Gasteiger partial charge is 0.0940 e. The lowest BCUT2D eigenvalue weighted by atomic mass is 9.92. The van der Waals surface area contributed by atoms with Crippen molar-refractivity contribution >= 4 is 43.7 Å². The fraction of sp³-hybridized carbons (Fsp3) is 0.714. The number of allylic oxidation sites excluding steroid dienone is 2. The zero-order valence-corrected chi connectivity index (χ0v) is 16.9. The Bertz CT molecular complexity index is 346. The molecule has 0 aromatic rings. The summed E-state index contributed by atoms with van der Waals surface area (Å²) < 4.78 is 2.69. The summed E-state index contributed by atoms with van der Waals surface area (Å²) in [4.78, 5) is 0. The molecule has 0 amide bonds. The van der Waals surface area contributed by atoms with Crippen LogP contribution in [0, 0.1) is 0 Å². The summed E-state index contributed by atoms with van der Waals surface area (Å²) in [5.74, 6) is 0. The molecule has 1 aliphatic carbocycles. The van der Waals surface area contributed by atoms with Crippen LogP contribution in [0.5, 0.6) is 0 Å². The van der Waals surface area contributed by atoms with Gasteiger partial charge in [-0.2, -0.15) is 0 Å². The maximum atomic E-state index is 6.73. The van der Waals surface area contributed by atoms with Gasteiger partial charge in [0.2, 0.25) is 0 Å². The van der Waals surface area contributed by atoms with Crippen molar-refractivity contribution in [1.82, 2.24) is 0 Å². The van der Waals surface area contributed by atoms with Crippen LogP contribution in [0.4, 0.5) is 0 Å². The van der Waals surface area contributed by atoms with Gasteiger partial charge >= 0.3 is 0 Å². The topological polar surface area (TPSA) is 0 Å². The molecule has 0 aromatic carbocycles. The molecule has 1 fully saturated rings. The van der Waals surface area contributed by atoms with Crippen LogP contribution in [0.3, 0.4) is 0 Å². The highest BCUT2D eigenvalue weighted by Gasteiger charge is 2.29. The highest BCUT2D eigenvalue weighted by molar-refractivity contribution is 9.12. The molecule has 0 nitrogen and oxygen atoms in total. The second-order valence-electron chi connectivity index (χ2n) is 7.29. The van der Waals surface area contributed by atoms with E-state index in [0.29, 0.717) is 0 Å². The highest BCUT2D eigenvalue weighted by atomic mass is 79.9. The Morgan fingerprint density at radius 3 is 1.72 bits per heavy atom. The molecule has 0 unspecified atom stereocenters. The van der Waals surface area contributed by atoms with E-state index < -0.39 is 16.1 Å². The van der Waals surface area contributed by atoms with Crippen LogP contribution in [0.15, 0.2) is 19.9 Å². The Morgan fingerprint density at radius 1 is 0.889 bits per heavy atom. The second kappa shape index (κ2) is 5.98. The fourth-order valence-corrected chi connectivity index (χ4v) is 5.30. The van der Waals surface area contributed by atoms with Crippen LogP contribution in [-0.4, -0.2) is 16.1 Å². The van der Waals surface area contributed by atoms with E-state index in [-0.39, 0.29) is 0 Å². The van der Waals surface area contributed by atoms with Gasteiger partial charge in [-0.3, -0.25) is 0 Å². The van der Waals surface area contributed by atoms with Gasteiger partial charge in [0, 0.05) is 4.66 Å². The van der Waals surface area contributed by atoms with Crippen LogP contribution in [-0.2, 0) is 0 Å². The van der Waals surface area contributed by atoms with Crippen LogP contribution in [0.1, 0.15) is 25.7 Å². The van der Waals surface area contributed by atoms with E-state index in [9.17, 15) is 0 Å². The van der Waals surface area contributed by atoms with Gasteiger partial charge in [-0.1, -0.05) is 66.8 Å². The van der Waals surface area contributed by atoms with E-state index in [1.165, 1.54) is 40.0 Å². The van der Waals surface area contributed by atoms with Gasteiger partial charge in [-0.25, -0.2) is 0 Å². The van der Waals surface area contributed by atoms with E-state index in [4.69, 9.17) is 11.6 Å². The number of rotatable bonds is 2. The molecule has 0 aliphatic heterocycles. The SMILES string of the molecule is C[Si](C)(C)C(Cl)=C1CCCCC1=C(Br)[Si](C)(C)C. The van der Waals surface area contributed by atoms with Crippen molar-refractivity contribution < 1.29 is 0 Å². The highest BCUT2D eigenvalue weighted by Crippen LogP contribution is 2.41. The van der Waals surface area contributed by atoms with Crippen molar-refractivity contribution in [2.24, 2.45) is 0 Å². The molecule has 1 aliphatic rings. The molecule has 1 saturated carbocycles. The summed E-state index contributed by atoms with van der Waals surface area (Å²) in [5.41, 5.74) is 3.03. The molecule has 0 N–H and O–H groups in total. The van der Waals surface area contributed by atoms with Crippen molar-refractivity contribution in [3.8, 4) is 0 Å². The van der Waals surface area contributed by atoms with Gasteiger partial charge in [0.1, 0.15) is 0 Å². The molecule has 0 radical (unpaired) electrons. The fourth-order valence-electron chi connectivity index (χ4n) is 2.30. The summed E-state index contributed by atoms with van der Waals surface area (Å²) in [7, 11) is -2.67. The number of hydrogen-bond acceptors (Lipinski definition) is 0. The Hall–Kier alpha value is 0.684. The smallest absolute Gasteiger partial charge is 0.0926 e. The summed E-state index contributed by atoms with van der Waals surface area (Å²) in [6.07, 6.45) is 5.00. The maximum absolute atomic E-state index is 6.73. The lowest BCUT2D eigenvalue weighted by Crippen LogP contribution is -2.26. The molecular weight excluding hydrogens is 340 g/mol. The van der Waals surface area contributed by atoms with Crippen LogP contribution >= 0.6 is 27.5 Å². The first-order valence-corrected chi connectivity index (χ1v) is 15.0. The van der Waals surface area contributed by atoms with E-state index in [1.54, 1.807) is 5.57 Å². The minimum absolute atomic E-state index is 1.18. The van der Waals surface area contributed by atoms with Gasteiger partial charge in [-0.15, -0.1) is 0 Å². The molecule has 104 valence electrons. The van der Waals surface area contributed by atoms with Crippen LogP contribution in [0.25, 0.3) is 0 Å². The van der Waals surface area contributed by atoms with Crippen LogP contribution in [0.2, 0.25) is 39.3 Å². The minimum Gasteiger partial charge on any atom is -0.0940 e. The van der Waals surface area contributed by atoms with E-state index in [2.05, 4.69) is 55.2 Å². The Kier molecular flexibility index (Phi) is 5.56. The van der Waals surface area contributed by atoms with Crippen molar-refractivity contribution in [3.63, 3.8) is 0 Å². The number of hydrogen-bond donors (Lipinski definition) is 0. The molecule has 1 rings (SSSR count). The molecule has 0 bridgehead atoms. The van der Waals surface area contributed by atoms with Crippen molar-refractivity contribution in [2.75, 3.05) is 0 Å². The third-order valence-electron chi connectivity index (χ3n) is 3.31. The van der Waals surface area contributed by atoms with Gasteiger partial charge in [0.25, 0.3) is 0 Å². The average Bonchev–Trinajstić information content (AvgIpc) is 2.24. The summed E-state index contributed by atoms with van der Waals surface area (Å²) in [6.45, 7) is 14.2. The van der Waals surface area contributed by atoms with E-state index in [1.807, 2.05) is 0 Å². The van der Waals surface area contributed by atoms with E-state index in [0.717, 1.165) is 0 Å². The average molecular weight is 366 g/mol. The standard InChI is InChI=1S/C14H26BrClSi2/c1-17(2,3)13(15)11-9-7-8-10-12(11)14(16)18(4,5)6/h7-10H2,1-6H3. The monoisotopic (exact) mass is 364 g/mol. The van der Waals surface area contributed by atoms with Crippen molar-refractivity contribution in [1.29, 1.82) is 0 Å². The first-order valence-electron chi connectivity index (χ1n) is 6.84. The molecule has 0 aromatic heterocycles. The molecular formula is C14H26BrClSi2. The first-order chi connectivity index (χ1) is 8.05. The van der Waals surface area contributed by atoms with Gasteiger partial charge in [0.15, 0.2) is 0 Å².